The largest absolute Gasteiger partial charge is 0.481 e. The second kappa shape index (κ2) is 1.84. The Hall–Kier alpha value is -0.790. The van der Waals surface area contributed by atoms with Crippen LogP contribution < -0.4 is 0 Å². The Morgan fingerprint density at radius 2 is 2.40 bits per heavy atom. The molecule has 0 saturated heterocycles. The number of hydrogen-bond acceptors (Lipinski definition) is 1. The molecule has 2 nitrogen and oxygen atoms in total. The predicted octanol–water partition coefficient (Wildman–Crippen LogP) is 1.28. The summed E-state index contributed by atoms with van der Waals surface area (Å²) < 4.78 is 0. The van der Waals surface area contributed by atoms with Crippen molar-refractivity contribution in [3.8, 4) is 0 Å². The zero-order valence-electron chi connectivity index (χ0n) is 5.66. The smallest absolute Gasteiger partial charge is 0.307 e. The molecule has 0 aromatic carbocycles. The van der Waals surface area contributed by atoms with Crippen molar-refractivity contribution < 1.29 is 9.90 Å². The van der Waals surface area contributed by atoms with Crippen LogP contribution in [0.25, 0.3) is 0 Å². The third-order valence-corrected chi connectivity index (χ3v) is 2.54. The third-order valence-electron chi connectivity index (χ3n) is 2.54. The first kappa shape index (κ1) is 5.96. The van der Waals surface area contributed by atoms with Gasteiger partial charge in [0.15, 0.2) is 0 Å². The number of fused-ring (bicyclic) bond motifs is 1. The summed E-state index contributed by atoms with van der Waals surface area (Å²) >= 11 is 0. The molecule has 1 N–H and O–H groups in total. The summed E-state index contributed by atoms with van der Waals surface area (Å²) in [6.45, 7) is 0. The Balaban J connectivity index is 2.08. The average Bonchev–Trinajstić information content (AvgIpc) is 2.60. The highest BCUT2D eigenvalue weighted by atomic mass is 16.4. The standard InChI is InChI=1S/C8H10O2/c9-8(10)7-5-3-1-2-4-6(5)7/h1,3,5-7H,2,4H2,(H,9,10). The summed E-state index contributed by atoms with van der Waals surface area (Å²) in [6.07, 6.45) is 6.32. The number of rotatable bonds is 1. The van der Waals surface area contributed by atoms with Crippen molar-refractivity contribution in [1.82, 2.24) is 0 Å². The molecule has 2 rings (SSSR count). The molecule has 0 bridgehead atoms. The van der Waals surface area contributed by atoms with Gasteiger partial charge in [0.1, 0.15) is 0 Å². The minimum Gasteiger partial charge on any atom is -0.481 e. The number of carbonyl (C=O) groups is 1. The maximum absolute atomic E-state index is 10.5. The molecule has 2 aliphatic rings. The Morgan fingerprint density at radius 3 is 2.90 bits per heavy atom. The molecule has 3 atom stereocenters. The molecule has 54 valence electrons. The molecule has 2 heteroatoms. The Labute approximate surface area is 59.5 Å². The van der Waals surface area contributed by atoms with Crippen molar-refractivity contribution in [2.45, 2.75) is 12.8 Å². The average molecular weight is 138 g/mol. The van der Waals surface area contributed by atoms with E-state index in [1.165, 1.54) is 0 Å². The molecule has 0 aromatic heterocycles. The van der Waals surface area contributed by atoms with E-state index in [9.17, 15) is 4.79 Å². The first-order valence-corrected chi connectivity index (χ1v) is 3.70. The zero-order valence-corrected chi connectivity index (χ0v) is 5.66. The topological polar surface area (TPSA) is 37.3 Å². The van der Waals surface area contributed by atoms with Crippen molar-refractivity contribution in [1.29, 1.82) is 0 Å². The summed E-state index contributed by atoms with van der Waals surface area (Å²) in [5.41, 5.74) is 0. The fraction of sp³-hybridized carbons (Fsp3) is 0.625. The molecule has 0 aliphatic heterocycles. The summed E-state index contributed by atoms with van der Waals surface area (Å²) in [6, 6.07) is 0. The van der Waals surface area contributed by atoms with Gasteiger partial charge in [0.05, 0.1) is 5.92 Å². The third kappa shape index (κ3) is 0.681. The number of aliphatic carboxylic acids is 1. The van der Waals surface area contributed by atoms with Crippen LogP contribution in [0, 0.1) is 17.8 Å². The molecule has 1 saturated carbocycles. The van der Waals surface area contributed by atoms with Crippen molar-refractivity contribution in [2.24, 2.45) is 17.8 Å². The highest BCUT2D eigenvalue weighted by molar-refractivity contribution is 5.75. The van der Waals surface area contributed by atoms with Crippen LogP contribution in [-0.4, -0.2) is 11.1 Å². The molecular weight excluding hydrogens is 128 g/mol. The minimum atomic E-state index is -0.610. The Morgan fingerprint density at radius 1 is 1.60 bits per heavy atom. The number of carboxylic acid groups (broad SMARTS) is 1. The van der Waals surface area contributed by atoms with E-state index in [0.29, 0.717) is 11.8 Å². The molecule has 1 fully saturated rings. The van der Waals surface area contributed by atoms with E-state index in [1.54, 1.807) is 0 Å². The van der Waals surface area contributed by atoms with Crippen LogP contribution in [0.5, 0.6) is 0 Å². The number of hydrogen-bond donors (Lipinski definition) is 1. The van der Waals surface area contributed by atoms with Crippen molar-refractivity contribution >= 4 is 5.97 Å². The molecule has 2 aliphatic carbocycles. The molecular formula is C8H10O2. The highest BCUT2D eigenvalue weighted by Crippen LogP contribution is 2.52. The van der Waals surface area contributed by atoms with Gasteiger partial charge in [-0.15, -0.1) is 0 Å². The monoisotopic (exact) mass is 138 g/mol. The maximum atomic E-state index is 10.5. The first-order valence-electron chi connectivity index (χ1n) is 3.70. The zero-order chi connectivity index (χ0) is 7.14. The second-order valence-corrected chi connectivity index (χ2v) is 3.11. The van der Waals surface area contributed by atoms with Crippen LogP contribution in [0.2, 0.25) is 0 Å². The second-order valence-electron chi connectivity index (χ2n) is 3.11. The highest BCUT2D eigenvalue weighted by Gasteiger charge is 2.53. The van der Waals surface area contributed by atoms with E-state index in [4.69, 9.17) is 5.11 Å². The van der Waals surface area contributed by atoms with E-state index < -0.39 is 5.97 Å². The van der Waals surface area contributed by atoms with Gasteiger partial charge in [-0.2, -0.15) is 0 Å². The molecule has 10 heavy (non-hydrogen) atoms. The van der Waals surface area contributed by atoms with E-state index >= 15 is 0 Å². The van der Waals surface area contributed by atoms with E-state index in [-0.39, 0.29) is 5.92 Å². The summed E-state index contributed by atoms with van der Waals surface area (Å²) in [7, 11) is 0. The van der Waals surface area contributed by atoms with Gasteiger partial charge in [-0.1, -0.05) is 12.2 Å². The van der Waals surface area contributed by atoms with Gasteiger partial charge in [-0.05, 0) is 24.7 Å². The molecule has 0 spiro atoms. The van der Waals surface area contributed by atoms with Gasteiger partial charge >= 0.3 is 5.97 Å². The van der Waals surface area contributed by atoms with Gasteiger partial charge in [0, 0.05) is 0 Å². The number of allylic oxidation sites excluding steroid dienone is 2. The Kier molecular flexibility index (Phi) is 1.10. The molecule has 0 amide bonds. The van der Waals surface area contributed by atoms with Gasteiger partial charge in [-0.25, -0.2) is 0 Å². The van der Waals surface area contributed by atoms with Crippen LogP contribution in [0.15, 0.2) is 12.2 Å². The maximum Gasteiger partial charge on any atom is 0.307 e. The lowest BCUT2D eigenvalue weighted by Gasteiger charge is -1.96. The van der Waals surface area contributed by atoms with Gasteiger partial charge in [0.2, 0.25) is 0 Å². The quantitative estimate of drug-likeness (QED) is 0.554. The summed E-state index contributed by atoms with van der Waals surface area (Å²) in [5, 5.41) is 8.65. The Bertz CT molecular complexity index is 195. The van der Waals surface area contributed by atoms with Gasteiger partial charge < -0.3 is 5.11 Å². The van der Waals surface area contributed by atoms with E-state index in [1.807, 2.05) is 0 Å². The lowest BCUT2D eigenvalue weighted by molar-refractivity contribution is -0.139. The van der Waals surface area contributed by atoms with Gasteiger partial charge in [0.25, 0.3) is 0 Å². The molecule has 0 aromatic rings. The fourth-order valence-electron chi connectivity index (χ4n) is 1.92. The summed E-state index contributed by atoms with van der Waals surface area (Å²) in [5.74, 6) is 0.203. The molecule has 0 heterocycles. The minimum absolute atomic E-state index is 0.0428. The fourth-order valence-corrected chi connectivity index (χ4v) is 1.92. The number of carboxylic acids is 1. The van der Waals surface area contributed by atoms with Crippen LogP contribution in [0.3, 0.4) is 0 Å². The first-order chi connectivity index (χ1) is 4.80. The van der Waals surface area contributed by atoms with Gasteiger partial charge in [-0.3, -0.25) is 4.79 Å². The lowest BCUT2D eigenvalue weighted by atomic mass is 10.1. The van der Waals surface area contributed by atoms with Crippen LogP contribution in [0.4, 0.5) is 0 Å². The van der Waals surface area contributed by atoms with E-state index in [2.05, 4.69) is 12.2 Å². The molecule has 3 unspecified atom stereocenters. The van der Waals surface area contributed by atoms with E-state index in [0.717, 1.165) is 12.8 Å². The normalized spacial score (nSPS) is 42.6. The van der Waals surface area contributed by atoms with Crippen LogP contribution >= 0.6 is 0 Å². The van der Waals surface area contributed by atoms with Crippen molar-refractivity contribution in [2.75, 3.05) is 0 Å². The van der Waals surface area contributed by atoms with Crippen LogP contribution in [0.1, 0.15) is 12.8 Å². The van der Waals surface area contributed by atoms with Crippen LogP contribution in [-0.2, 0) is 4.79 Å². The SMILES string of the molecule is O=C(O)C1C2C=CCCC21. The molecule has 0 radical (unpaired) electrons. The van der Waals surface area contributed by atoms with Crippen molar-refractivity contribution in [3.63, 3.8) is 0 Å². The summed E-state index contributed by atoms with van der Waals surface area (Å²) in [4.78, 5) is 10.5. The predicted molar refractivity (Wildman–Crippen MR) is 36.5 cm³/mol. The lowest BCUT2D eigenvalue weighted by Crippen LogP contribution is -1.99. The van der Waals surface area contributed by atoms with Crippen molar-refractivity contribution in [3.05, 3.63) is 12.2 Å².